The molecule has 0 saturated heterocycles. The first-order valence-corrected chi connectivity index (χ1v) is 9.35. The molecule has 0 aliphatic rings. The van der Waals surface area contributed by atoms with Crippen molar-refractivity contribution >= 4 is 28.5 Å². The first kappa shape index (κ1) is 18.6. The Morgan fingerprint density at radius 1 is 1.24 bits per heavy atom. The van der Waals surface area contributed by atoms with E-state index in [1.54, 1.807) is 13.1 Å². The van der Waals surface area contributed by atoms with Crippen LogP contribution in [0.3, 0.4) is 0 Å². The Morgan fingerprint density at radius 2 is 1.95 bits per heavy atom. The van der Waals surface area contributed by atoms with Gasteiger partial charge in [-0.3, -0.25) is 0 Å². The molecule has 110 valence electrons. The normalized spacial score (nSPS) is 10.4. The Balaban J connectivity index is 0.00000106. The number of phenolic OH excluding ortho intramolecular Hbond substituents is 1. The topological polar surface area (TPSA) is 34.3 Å². The number of aryl methyl sites for hydroxylation is 1. The minimum atomic E-state index is -0.249. The van der Waals surface area contributed by atoms with Crippen LogP contribution in [0.5, 0.6) is 5.75 Å². The second-order valence-corrected chi connectivity index (χ2v) is 5.70. The number of halogens is 2. The van der Waals surface area contributed by atoms with Gasteiger partial charge in [-0.15, -0.1) is 6.54 Å². The molecule has 0 aliphatic carbocycles. The summed E-state index contributed by atoms with van der Waals surface area (Å²) in [7, 11) is 6.65. The fourth-order valence-electron chi connectivity index (χ4n) is 1.89. The van der Waals surface area contributed by atoms with E-state index in [-0.39, 0.29) is 5.82 Å². The molecule has 1 atom stereocenters. The van der Waals surface area contributed by atoms with Gasteiger partial charge in [-0.05, 0) is 29.9 Å². The third kappa shape index (κ3) is 5.36. The molecule has 2 aromatic carbocycles. The van der Waals surface area contributed by atoms with Gasteiger partial charge in [-0.1, -0.05) is 38.4 Å². The van der Waals surface area contributed by atoms with Crippen LogP contribution in [0.15, 0.2) is 36.4 Å². The molecule has 0 bridgehead atoms. The molecule has 0 aliphatic heterocycles. The third-order valence-electron chi connectivity index (χ3n) is 2.90. The molecule has 0 spiro atoms. The summed E-state index contributed by atoms with van der Waals surface area (Å²) in [4.78, 5) is 0. The standard InChI is InChI=1S/C15H16FNOP.ClH.Ti/c1-10-4-3-5-14(15(10)18)19-13-7-6-12(16)8-11(13)9-17-2;;/h3-8,18-19H,9H2,1-2H3;1H;/q-1;;+2/p-1. The van der Waals surface area contributed by atoms with Crippen LogP contribution in [0.4, 0.5) is 4.39 Å². The number of rotatable bonds is 4. The first-order valence-electron chi connectivity index (χ1n) is 6.20. The Bertz CT molecular complexity index is 598. The van der Waals surface area contributed by atoms with Crippen molar-refractivity contribution < 1.29 is 28.9 Å². The van der Waals surface area contributed by atoms with E-state index in [0.29, 0.717) is 20.9 Å². The number of hydrogen-bond donors (Lipinski definition) is 1. The molecule has 2 aromatic rings. The molecule has 6 heteroatoms. The summed E-state index contributed by atoms with van der Waals surface area (Å²) >= 11 is 1.47. The van der Waals surface area contributed by atoms with Crippen LogP contribution in [0.1, 0.15) is 11.1 Å². The number of benzene rings is 2. The van der Waals surface area contributed by atoms with Crippen molar-refractivity contribution in [2.45, 2.75) is 13.5 Å². The number of nitrogens with zero attached hydrogens (tertiary/aromatic N) is 1. The third-order valence-corrected chi connectivity index (χ3v) is 4.33. The van der Waals surface area contributed by atoms with Crippen LogP contribution >= 0.6 is 17.9 Å². The number of hydrogen-bond acceptors (Lipinski definition) is 1. The van der Waals surface area contributed by atoms with Gasteiger partial charge in [0, 0.05) is 5.30 Å². The van der Waals surface area contributed by atoms with Gasteiger partial charge in [0.1, 0.15) is 11.6 Å². The second-order valence-electron chi connectivity index (χ2n) is 4.37. The van der Waals surface area contributed by atoms with Crippen molar-refractivity contribution in [2.75, 3.05) is 7.05 Å². The van der Waals surface area contributed by atoms with Gasteiger partial charge in [-0.25, -0.2) is 4.39 Å². The van der Waals surface area contributed by atoms with E-state index in [4.69, 9.17) is 0 Å². The van der Waals surface area contributed by atoms with Crippen LogP contribution < -0.4 is 10.6 Å². The maximum absolute atomic E-state index is 13.3. The fourth-order valence-corrected chi connectivity index (χ4v) is 3.15. The Hall–Kier alpha value is -0.436. The van der Waals surface area contributed by atoms with Crippen molar-refractivity contribution in [3.8, 4) is 5.75 Å². The zero-order chi connectivity index (χ0) is 15.8. The van der Waals surface area contributed by atoms with E-state index in [9.17, 15) is 9.50 Å². The van der Waals surface area contributed by atoms with Crippen molar-refractivity contribution in [3.63, 3.8) is 0 Å². The predicted molar refractivity (Wildman–Crippen MR) is 85.7 cm³/mol. The first-order chi connectivity index (χ1) is 10.1. The van der Waals surface area contributed by atoms with Gasteiger partial charge in [0.25, 0.3) is 0 Å². The summed E-state index contributed by atoms with van der Waals surface area (Å²) in [6.07, 6.45) is 0. The van der Waals surface area contributed by atoms with E-state index >= 15 is 0 Å². The van der Waals surface area contributed by atoms with Gasteiger partial charge in [0.05, 0.1) is 0 Å². The molecule has 0 amide bonds. The van der Waals surface area contributed by atoms with Crippen LogP contribution in [-0.2, 0) is 25.9 Å². The van der Waals surface area contributed by atoms with Crippen LogP contribution in [-0.4, -0.2) is 12.2 Å². The predicted octanol–water partition coefficient (Wildman–Crippen LogP) is 3.66. The quantitative estimate of drug-likeness (QED) is 0.656. The molecule has 2 rings (SSSR count). The molecule has 0 saturated carbocycles. The fraction of sp³-hybridized carbons (Fsp3) is 0.200. The molecule has 1 N–H and O–H groups in total. The summed E-state index contributed by atoms with van der Waals surface area (Å²) < 4.78 is 13.3. The molecule has 0 aromatic heterocycles. The summed E-state index contributed by atoms with van der Waals surface area (Å²) in [6.45, 7) is 2.36. The van der Waals surface area contributed by atoms with Crippen LogP contribution in [0.2, 0.25) is 0 Å². The van der Waals surface area contributed by atoms with Gasteiger partial charge < -0.3 is 10.4 Å². The van der Waals surface area contributed by atoms with Gasteiger partial charge in [0.15, 0.2) is 0 Å². The molecule has 21 heavy (non-hydrogen) atoms. The SMILES string of the molecule is C[N-]Cc1cc(F)ccc1Pc1cccc(C)c1O.[Cl][Ti+]. The molecule has 2 nitrogen and oxygen atoms in total. The van der Waals surface area contributed by atoms with E-state index in [1.807, 2.05) is 25.1 Å². The van der Waals surface area contributed by atoms with E-state index in [0.717, 1.165) is 21.7 Å². The zero-order valence-corrected chi connectivity index (χ0v) is 15.1. The number of aromatic hydroxyl groups is 1. The van der Waals surface area contributed by atoms with Crippen LogP contribution in [0.25, 0.3) is 5.32 Å². The van der Waals surface area contributed by atoms with Gasteiger partial charge >= 0.3 is 28.7 Å². The van der Waals surface area contributed by atoms with Gasteiger partial charge in [-0.2, -0.15) is 7.05 Å². The maximum atomic E-state index is 13.3. The van der Waals surface area contributed by atoms with Crippen molar-refractivity contribution in [3.05, 3.63) is 58.7 Å². The second kappa shape index (κ2) is 9.55. The van der Waals surface area contributed by atoms with Crippen LogP contribution in [0, 0.1) is 12.7 Å². The Kier molecular flexibility index (Phi) is 8.47. The Labute approximate surface area is 142 Å². The summed E-state index contributed by atoms with van der Waals surface area (Å²) in [5, 5.41) is 16.0. The van der Waals surface area contributed by atoms with Gasteiger partial charge in [0.2, 0.25) is 0 Å². The monoisotopic (exact) mass is 359 g/mol. The number of para-hydroxylation sites is 1. The summed E-state index contributed by atoms with van der Waals surface area (Å²) in [5.74, 6) is 0.0743. The van der Waals surface area contributed by atoms with E-state index < -0.39 is 0 Å². The summed E-state index contributed by atoms with van der Waals surface area (Å²) in [6, 6.07) is 10.4. The average molecular weight is 360 g/mol. The molecular weight excluding hydrogens is 343 g/mol. The van der Waals surface area contributed by atoms with Crippen molar-refractivity contribution in [2.24, 2.45) is 0 Å². The molecule has 0 radical (unpaired) electrons. The molecule has 1 unspecified atom stereocenters. The van der Waals surface area contributed by atoms with Crippen molar-refractivity contribution in [1.82, 2.24) is 0 Å². The van der Waals surface area contributed by atoms with E-state index in [1.165, 1.54) is 31.5 Å². The molecule has 0 fully saturated rings. The van der Waals surface area contributed by atoms with E-state index in [2.05, 4.69) is 14.6 Å². The minimum absolute atomic E-state index is 0.249. The summed E-state index contributed by atoms with van der Waals surface area (Å²) in [5.41, 5.74) is 1.73. The van der Waals surface area contributed by atoms with Crippen molar-refractivity contribution in [1.29, 1.82) is 0 Å². The Morgan fingerprint density at radius 3 is 2.62 bits per heavy atom. The number of phenols is 1. The zero-order valence-electron chi connectivity index (χ0n) is 11.8. The molecule has 0 heterocycles. The average Bonchev–Trinajstić information content (AvgIpc) is 2.49. The molecular formula is C15H16ClFNOPTi.